The molecule has 1 saturated carbocycles. The van der Waals surface area contributed by atoms with Crippen molar-refractivity contribution in [2.24, 2.45) is 11.3 Å². The van der Waals surface area contributed by atoms with Gasteiger partial charge in [-0.3, -0.25) is 9.78 Å². The molecule has 0 bridgehead atoms. The molecule has 4 nitrogen and oxygen atoms in total. The van der Waals surface area contributed by atoms with Crippen LogP contribution in [0.15, 0.2) is 27.4 Å². The van der Waals surface area contributed by atoms with Gasteiger partial charge in [-0.2, -0.15) is 0 Å². The zero-order chi connectivity index (χ0) is 14.3. The average Bonchev–Trinajstić information content (AvgIpc) is 2.76. The van der Waals surface area contributed by atoms with Gasteiger partial charge in [-0.25, -0.2) is 4.79 Å². The van der Waals surface area contributed by atoms with Crippen LogP contribution in [0.25, 0.3) is 11.1 Å². The molecule has 2 aromatic rings. The van der Waals surface area contributed by atoms with Gasteiger partial charge in [0.25, 0.3) is 0 Å². The molecule has 0 saturated heterocycles. The number of carbonyl (C=O) groups excluding carboxylic acids is 1. The zero-order valence-electron chi connectivity index (χ0n) is 11.9. The van der Waals surface area contributed by atoms with E-state index in [-0.39, 0.29) is 17.1 Å². The molecule has 1 aromatic heterocycles. The molecule has 0 radical (unpaired) electrons. The SMILES string of the molecule is CC1(C)CCCCC1C(=O)c1ccc2[nH]c(=O)oc2c1. The van der Waals surface area contributed by atoms with Gasteiger partial charge in [-0.1, -0.05) is 26.7 Å². The van der Waals surface area contributed by atoms with Crippen molar-refractivity contribution in [1.29, 1.82) is 0 Å². The molecule has 3 rings (SSSR count). The van der Waals surface area contributed by atoms with Crippen LogP contribution in [0.1, 0.15) is 49.9 Å². The number of H-pyrrole nitrogens is 1. The summed E-state index contributed by atoms with van der Waals surface area (Å²) in [4.78, 5) is 26.5. The van der Waals surface area contributed by atoms with Gasteiger partial charge in [0.05, 0.1) is 5.52 Å². The fourth-order valence-electron chi connectivity index (χ4n) is 3.28. The highest BCUT2D eigenvalue weighted by Crippen LogP contribution is 2.42. The summed E-state index contributed by atoms with van der Waals surface area (Å²) in [7, 11) is 0. The van der Waals surface area contributed by atoms with Crippen LogP contribution < -0.4 is 5.76 Å². The second-order valence-electron chi connectivity index (χ2n) is 6.38. The van der Waals surface area contributed by atoms with Crippen molar-refractivity contribution in [2.45, 2.75) is 39.5 Å². The molecule has 1 N–H and O–H groups in total. The van der Waals surface area contributed by atoms with E-state index in [0.717, 1.165) is 19.3 Å². The first-order valence-electron chi connectivity index (χ1n) is 7.14. The van der Waals surface area contributed by atoms with Gasteiger partial charge in [0.15, 0.2) is 11.4 Å². The molecular formula is C16H19NO3. The lowest BCUT2D eigenvalue weighted by molar-refractivity contribution is 0.0697. The van der Waals surface area contributed by atoms with Crippen molar-refractivity contribution in [1.82, 2.24) is 4.98 Å². The van der Waals surface area contributed by atoms with E-state index >= 15 is 0 Å². The molecule has 1 aliphatic rings. The standard InChI is InChI=1S/C16H19NO3/c1-16(2)8-4-3-5-11(16)14(18)10-6-7-12-13(9-10)20-15(19)17-12/h6-7,9,11H,3-5,8H2,1-2H3,(H,17,19). The first-order chi connectivity index (χ1) is 9.47. The summed E-state index contributed by atoms with van der Waals surface area (Å²) in [6, 6.07) is 5.20. The summed E-state index contributed by atoms with van der Waals surface area (Å²) >= 11 is 0. The van der Waals surface area contributed by atoms with Crippen LogP contribution in [0, 0.1) is 11.3 Å². The Bertz CT molecular complexity index is 708. The van der Waals surface area contributed by atoms with Crippen LogP contribution >= 0.6 is 0 Å². The number of ketones is 1. The first kappa shape index (κ1) is 13.2. The average molecular weight is 273 g/mol. The van der Waals surface area contributed by atoms with Gasteiger partial charge in [0.2, 0.25) is 0 Å². The minimum Gasteiger partial charge on any atom is -0.408 e. The first-order valence-corrected chi connectivity index (χ1v) is 7.14. The molecular weight excluding hydrogens is 254 g/mol. The maximum atomic E-state index is 12.7. The van der Waals surface area contributed by atoms with Crippen LogP contribution in [0.3, 0.4) is 0 Å². The highest BCUT2D eigenvalue weighted by Gasteiger charge is 2.37. The van der Waals surface area contributed by atoms with E-state index < -0.39 is 5.76 Å². The Labute approximate surface area is 117 Å². The zero-order valence-corrected chi connectivity index (χ0v) is 11.9. The molecule has 1 aromatic carbocycles. The Hall–Kier alpha value is -1.84. The third-order valence-electron chi connectivity index (χ3n) is 4.53. The highest BCUT2D eigenvalue weighted by atomic mass is 16.4. The van der Waals surface area contributed by atoms with Crippen molar-refractivity contribution in [3.63, 3.8) is 0 Å². The third-order valence-corrected chi connectivity index (χ3v) is 4.53. The van der Waals surface area contributed by atoms with Crippen LogP contribution in [0.2, 0.25) is 0 Å². The van der Waals surface area contributed by atoms with Crippen molar-refractivity contribution < 1.29 is 9.21 Å². The Morgan fingerprint density at radius 3 is 2.90 bits per heavy atom. The summed E-state index contributed by atoms with van der Waals surface area (Å²) in [5.41, 5.74) is 1.77. The lowest BCUT2D eigenvalue weighted by atomic mass is 9.66. The van der Waals surface area contributed by atoms with Gasteiger partial charge >= 0.3 is 5.76 Å². The fraction of sp³-hybridized carbons (Fsp3) is 0.500. The van der Waals surface area contributed by atoms with Crippen molar-refractivity contribution in [2.75, 3.05) is 0 Å². The minimum absolute atomic E-state index is 0.0449. The molecule has 1 aliphatic carbocycles. The Balaban J connectivity index is 1.97. The molecule has 1 unspecified atom stereocenters. The van der Waals surface area contributed by atoms with E-state index in [4.69, 9.17) is 4.42 Å². The topological polar surface area (TPSA) is 63.1 Å². The molecule has 1 fully saturated rings. The largest absolute Gasteiger partial charge is 0.417 e. The van der Waals surface area contributed by atoms with E-state index in [2.05, 4.69) is 18.8 Å². The summed E-state index contributed by atoms with van der Waals surface area (Å²) in [6.07, 6.45) is 4.34. The maximum absolute atomic E-state index is 12.7. The number of aromatic nitrogens is 1. The van der Waals surface area contributed by atoms with Gasteiger partial charge < -0.3 is 4.42 Å². The third kappa shape index (κ3) is 2.19. The fourth-order valence-corrected chi connectivity index (χ4v) is 3.28. The van der Waals surface area contributed by atoms with E-state index in [0.29, 0.717) is 16.7 Å². The monoisotopic (exact) mass is 273 g/mol. The summed E-state index contributed by atoms with van der Waals surface area (Å²) < 4.78 is 5.03. The number of carbonyl (C=O) groups is 1. The molecule has 4 heteroatoms. The highest BCUT2D eigenvalue weighted by molar-refractivity contribution is 6.00. The number of oxazole rings is 1. The lowest BCUT2D eigenvalue weighted by Gasteiger charge is -2.37. The molecule has 1 atom stereocenters. The molecule has 0 spiro atoms. The number of benzene rings is 1. The predicted octanol–water partition coefficient (Wildman–Crippen LogP) is 3.52. The van der Waals surface area contributed by atoms with Crippen molar-refractivity contribution >= 4 is 16.9 Å². The Morgan fingerprint density at radius 1 is 1.35 bits per heavy atom. The van der Waals surface area contributed by atoms with Crippen molar-refractivity contribution in [3.05, 3.63) is 34.3 Å². The van der Waals surface area contributed by atoms with Gasteiger partial charge in [0.1, 0.15) is 0 Å². The number of rotatable bonds is 2. The second-order valence-corrected chi connectivity index (χ2v) is 6.38. The number of fused-ring (bicyclic) bond motifs is 1. The van der Waals surface area contributed by atoms with E-state index in [1.165, 1.54) is 6.42 Å². The van der Waals surface area contributed by atoms with Crippen LogP contribution in [0.5, 0.6) is 0 Å². The van der Waals surface area contributed by atoms with E-state index in [1.54, 1.807) is 18.2 Å². The number of hydrogen-bond acceptors (Lipinski definition) is 3. The number of aromatic amines is 1. The van der Waals surface area contributed by atoms with Crippen LogP contribution in [-0.4, -0.2) is 10.8 Å². The minimum atomic E-state index is -0.484. The summed E-state index contributed by atoms with van der Waals surface area (Å²) in [5, 5.41) is 0. The molecule has 0 amide bonds. The Kier molecular flexibility index (Phi) is 3.04. The van der Waals surface area contributed by atoms with E-state index in [9.17, 15) is 9.59 Å². The maximum Gasteiger partial charge on any atom is 0.417 e. The Morgan fingerprint density at radius 2 is 2.15 bits per heavy atom. The number of hydrogen-bond donors (Lipinski definition) is 1. The molecule has 1 heterocycles. The van der Waals surface area contributed by atoms with Gasteiger partial charge in [-0.05, 0) is 36.5 Å². The quantitative estimate of drug-likeness (QED) is 0.851. The smallest absolute Gasteiger partial charge is 0.408 e. The summed E-state index contributed by atoms with van der Waals surface area (Å²) in [6.45, 7) is 4.34. The number of Topliss-reactive ketones (excluding diaryl/α,β-unsaturated/α-hetero) is 1. The molecule has 0 aliphatic heterocycles. The predicted molar refractivity (Wildman–Crippen MR) is 76.9 cm³/mol. The van der Waals surface area contributed by atoms with Crippen molar-refractivity contribution in [3.8, 4) is 0 Å². The normalized spacial score (nSPS) is 22.0. The lowest BCUT2D eigenvalue weighted by Crippen LogP contribution is -2.34. The van der Waals surface area contributed by atoms with E-state index in [1.807, 2.05) is 0 Å². The molecule has 106 valence electrons. The summed E-state index contributed by atoms with van der Waals surface area (Å²) in [5.74, 6) is -0.262. The van der Waals surface area contributed by atoms with Gasteiger partial charge in [-0.15, -0.1) is 0 Å². The second kappa shape index (κ2) is 4.62. The van der Waals surface area contributed by atoms with Crippen LogP contribution in [-0.2, 0) is 0 Å². The number of nitrogens with one attached hydrogen (secondary N) is 1. The molecule has 20 heavy (non-hydrogen) atoms. The van der Waals surface area contributed by atoms with Crippen LogP contribution in [0.4, 0.5) is 0 Å². The van der Waals surface area contributed by atoms with Gasteiger partial charge in [0, 0.05) is 11.5 Å².